The van der Waals surface area contributed by atoms with Crippen molar-refractivity contribution < 1.29 is 4.79 Å². The minimum absolute atomic E-state index is 0.0393. The number of amides is 1. The van der Waals surface area contributed by atoms with E-state index >= 15 is 0 Å². The van der Waals surface area contributed by atoms with Crippen LogP contribution in [0, 0.1) is 0 Å². The number of thiazole rings is 1. The van der Waals surface area contributed by atoms with Crippen LogP contribution in [0.25, 0.3) is 11.3 Å². The smallest absolute Gasteiger partial charge is 0.267 e. The number of rotatable bonds is 8. The fourth-order valence-corrected chi connectivity index (χ4v) is 4.00. The van der Waals surface area contributed by atoms with Crippen LogP contribution in [0.2, 0.25) is 0 Å². The average Bonchev–Trinajstić information content (AvgIpc) is 3.42. The summed E-state index contributed by atoms with van der Waals surface area (Å²) < 4.78 is 1.98. The first kappa shape index (κ1) is 19.1. The monoisotopic (exact) mass is 402 g/mol. The Morgan fingerprint density at radius 2 is 1.86 bits per heavy atom. The van der Waals surface area contributed by atoms with Gasteiger partial charge >= 0.3 is 0 Å². The van der Waals surface area contributed by atoms with E-state index in [1.807, 2.05) is 53.2 Å². The van der Waals surface area contributed by atoms with Crippen LogP contribution in [-0.4, -0.2) is 27.0 Å². The summed E-state index contributed by atoms with van der Waals surface area (Å²) in [5, 5.41) is 6.18. The summed E-state index contributed by atoms with van der Waals surface area (Å²) in [6.45, 7) is 1.31. The highest BCUT2D eigenvalue weighted by Gasteiger charge is 2.11. The Balaban J connectivity index is 1.27. The molecule has 0 saturated heterocycles. The Bertz CT molecular complexity index is 1060. The highest BCUT2D eigenvalue weighted by Crippen LogP contribution is 2.21. The molecule has 3 heterocycles. The summed E-state index contributed by atoms with van der Waals surface area (Å²) in [6.07, 6.45) is 7.20. The number of hydrogen-bond donors (Lipinski definition) is 1. The van der Waals surface area contributed by atoms with Gasteiger partial charge in [0.25, 0.3) is 5.91 Å². The number of nitrogens with zero attached hydrogens (tertiary/aromatic N) is 3. The Hall–Kier alpha value is -3.25. The number of benzene rings is 1. The molecule has 0 fully saturated rings. The molecule has 0 atom stereocenters. The molecule has 0 aliphatic carbocycles. The molecule has 0 radical (unpaired) electrons. The lowest BCUT2D eigenvalue weighted by molar-refractivity contribution is 0.0944. The molecule has 6 heteroatoms. The predicted octanol–water partition coefficient (Wildman–Crippen LogP) is 4.42. The van der Waals surface area contributed by atoms with Crippen molar-refractivity contribution in [1.29, 1.82) is 0 Å². The van der Waals surface area contributed by atoms with Gasteiger partial charge in [-0.05, 0) is 36.2 Å². The highest BCUT2D eigenvalue weighted by molar-refractivity contribution is 7.09. The Kier molecular flexibility index (Phi) is 6.12. The van der Waals surface area contributed by atoms with Crippen LogP contribution in [0.5, 0.6) is 0 Å². The molecule has 0 aliphatic rings. The molecule has 0 aliphatic heterocycles. The Morgan fingerprint density at radius 3 is 2.69 bits per heavy atom. The maximum atomic E-state index is 12.6. The number of carbonyl (C=O) groups is 1. The van der Waals surface area contributed by atoms with Gasteiger partial charge < -0.3 is 9.88 Å². The fourth-order valence-electron chi connectivity index (χ4n) is 3.15. The topological polar surface area (TPSA) is 59.8 Å². The molecular formula is C23H22N4OS. The van der Waals surface area contributed by atoms with Gasteiger partial charge in [0.15, 0.2) is 0 Å². The van der Waals surface area contributed by atoms with Crippen LogP contribution in [0.1, 0.15) is 27.5 Å². The van der Waals surface area contributed by atoms with Crippen LogP contribution in [0.15, 0.2) is 78.6 Å². The lowest BCUT2D eigenvalue weighted by atomic mass is 10.2. The van der Waals surface area contributed by atoms with Crippen LogP contribution >= 0.6 is 11.3 Å². The van der Waals surface area contributed by atoms with Gasteiger partial charge in [-0.1, -0.05) is 30.3 Å². The van der Waals surface area contributed by atoms with Gasteiger partial charge in [0, 0.05) is 49.0 Å². The number of nitrogens with one attached hydrogen (secondary N) is 1. The molecule has 1 N–H and O–H groups in total. The lowest BCUT2D eigenvalue weighted by Crippen LogP contribution is -2.27. The minimum atomic E-state index is -0.0393. The maximum absolute atomic E-state index is 12.6. The molecule has 4 rings (SSSR count). The lowest BCUT2D eigenvalue weighted by Gasteiger charge is -2.10. The van der Waals surface area contributed by atoms with Gasteiger partial charge in [0.1, 0.15) is 5.69 Å². The molecule has 1 aromatic carbocycles. The Morgan fingerprint density at radius 1 is 1.03 bits per heavy atom. The van der Waals surface area contributed by atoms with Crippen LogP contribution in [0.3, 0.4) is 0 Å². The zero-order valence-electron chi connectivity index (χ0n) is 16.0. The molecule has 4 aromatic rings. The highest BCUT2D eigenvalue weighted by atomic mass is 32.1. The maximum Gasteiger partial charge on any atom is 0.267 e. The van der Waals surface area contributed by atoms with Crippen molar-refractivity contribution in [2.24, 2.45) is 0 Å². The van der Waals surface area contributed by atoms with Gasteiger partial charge in [-0.2, -0.15) is 0 Å². The van der Waals surface area contributed by atoms with Gasteiger partial charge in [0.2, 0.25) is 0 Å². The molecule has 29 heavy (non-hydrogen) atoms. The van der Waals surface area contributed by atoms with Crippen LogP contribution in [0.4, 0.5) is 0 Å². The zero-order valence-corrected chi connectivity index (χ0v) is 16.8. The quantitative estimate of drug-likeness (QED) is 0.444. The van der Waals surface area contributed by atoms with Gasteiger partial charge in [0.05, 0.1) is 10.7 Å². The van der Waals surface area contributed by atoms with Crippen molar-refractivity contribution in [3.05, 3.63) is 94.8 Å². The number of carbonyl (C=O) groups excluding carboxylic acids is 1. The molecule has 0 saturated carbocycles. The van der Waals surface area contributed by atoms with Crippen LogP contribution in [-0.2, 0) is 13.0 Å². The first-order chi connectivity index (χ1) is 14.3. The van der Waals surface area contributed by atoms with E-state index in [4.69, 9.17) is 0 Å². The van der Waals surface area contributed by atoms with E-state index in [2.05, 4.69) is 32.8 Å². The third kappa shape index (κ3) is 4.97. The first-order valence-electron chi connectivity index (χ1n) is 9.61. The molecule has 0 bridgehead atoms. The first-order valence-corrected chi connectivity index (χ1v) is 10.5. The summed E-state index contributed by atoms with van der Waals surface area (Å²) in [4.78, 5) is 21.3. The van der Waals surface area contributed by atoms with E-state index in [1.54, 1.807) is 23.7 Å². The second-order valence-electron chi connectivity index (χ2n) is 6.73. The van der Waals surface area contributed by atoms with E-state index in [-0.39, 0.29) is 5.91 Å². The van der Waals surface area contributed by atoms with E-state index in [0.29, 0.717) is 18.8 Å². The second kappa shape index (κ2) is 9.30. The molecule has 5 nitrogen and oxygen atoms in total. The number of aromatic nitrogens is 3. The second-order valence-corrected chi connectivity index (χ2v) is 7.67. The van der Waals surface area contributed by atoms with Gasteiger partial charge in [-0.15, -0.1) is 11.3 Å². The molecule has 3 aromatic heterocycles. The normalized spacial score (nSPS) is 10.8. The van der Waals surface area contributed by atoms with Crippen molar-refractivity contribution >= 4 is 17.2 Å². The zero-order chi connectivity index (χ0) is 19.9. The molecule has 146 valence electrons. The van der Waals surface area contributed by atoms with Crippen molar-refractivity contribution in [2.75, 3.05) is 6.54 Å². The van der Waals surface area contributed by atoms with Gasteiger partial charge in [-0.25, -0.2) is 4.98 Å². The summed E-state index contributed by atoms with van der Waals surface area (Å²) in [5.74, 6) is -0.0393. The third-order valence-electron chi connectivity index (χ3n) is 4.64. The third-order valence-corrected chi connectivity index (χ3v) is 5.55. The average molecular weight is 403 g/mol. The van der Waals surface area contributed by atoms with Crippen molar-refractivity contribution in [1.82, 2.24) is 19.9 Å². The predicted molar refractivity (Wildman–Crippen MR) is 116 cm³/mol. The fraction of sp³-hybridized carbons (Fsp3) is 0.174. The van der Waals surface area contributed by atoms with Gasteiger partial charge in [-0.3, -0.25) is 9.78 Å². The molecular weight excluding hydrogens is 380 g/mol. The van der Waals surface area contributed by atoms with E-state index in [9.17, 15) is 4.79 Å². The van der Waals surface area contributed by atoms with E-state index < -0.39 is 0 Å². The van der Waals surface area contributed by atoms with Crippen molar-refractivity contribution in [2.45, 2.75) is 19.4 Å². The number of aryl methyl sites for hydroxylation is 1. The van der Waals surface area contributed by atoms with Crippen LogP contribution < -0.4 is 5.32 Å². The summed E-state index contributed by atoms with van der Waals surface area (Å²) in [7, 11) is 0. The Labute approximate surface area is 174 Å². The minimum Gasteiger partial charge on any atom is -0.351 e. The molecule has 0 spiro atoms. The molecule has 1 amide bonds. The van der Waals surface area contributed by atoms with Crippen molar-refractivity contribution in [3.63, 3.8) is 0 Å². The summed E-state index contributed by atoms with van der Waals surface area (Å²) in [6, 6.07) is 17.8. The van der Waals surface area contributed by atoms with Crippen molar-refractivity contribution in [3.8, 4) is 11.3 Å². The molecule has 0 unspecified atom stereocenters. The SMILES string of the molecule is O=C(NCCCc1nc(-c2ccncc2)cs1)c1cccn1Cc1ccccc1. The standard InChI is InChI=1S/C23H22N4OS/c28-23(21-8-5-15-27(21)16-18-6-2-1-3-7-18)25-12-4-9-22-26-20(17-29-22)19-10-13-24-14-11-19/h1-3,5-8,10-11,13-15,17H,4,9,12,16H2,(H,25,28). The largest absolute Gasteiger partial charge is 0.351 e. The van der Waals surface area contributed by atoms with E-state index in [1.165, 1.54) is 5.56 Å². The summed E-state index contributed by atoms with van der Waals surface area (Å²) >= 11 is 1.66. The van der Waals surface area contributed by atoms with E-state index in [0.717, 1.165) is 29.1 Å². The number of hydrogen-bond acceptors (Lipinski definition) is 4. The summed E-state index contributed by atoms with van der Waals surface area (Å²) in [5.41, 5.74) is 3.92. The number of pyridine rings is 1.